The molecule has 1 N–H and O–H groups in total. The highest BCUT2D eigenvalue weighted by Crippen LogP contribution is 2.37. The number of nitro groups is 1. The molecule has 0 bridgehead atoms. The third kappa shape index (κ3) is 2.15. The Hall–Kier alpha value is -2.64. The molecule has 1 aromatic carbocycles. The van der Waals surface area contributed by atoms with Crippen LogP contribution in [-0.2, 0) is 9.59 Å². The molecular formula is C12H12N2O6. The van der Waals surface area contributed by atoms with Gasteiger partial charge in [-0.15, -0.1) is 0 Å². The van der Waals surface area contributed by atoms with Crippen molar-refractivity contribution in [2.45, 2.75) is 26.0 Å². The summed E-state index contributed by atoms with van der Waals surface area (Å²) < 4.78 is 5.33. The van der Waals surface area contributed by atoms with Crippen molar-refractivity contribution in [2.24, 2.45) is 0 Å². The van der Waals surface area contributed by atoms with Crippen LogP contribution in [0, 0.1) is 10.1 Å². The molecule has 0 spiro atoms. The number of aliphatic carboxylic acids is 1. The van der Waals surface area contributed by atoms with Gasteiger partial charge >= 0.3 is 5.97 Å². The third-order valence-electron chi connectivity index (χ3n) is 3.05. The van der Waals surface area contributed by atoms with Crippen LogP contribution in [0.2, 0.25) is 0 Å². The second kappa shape index (κ2) is 4.80. The molecular weight excluding hydrogens is 268 g/mol. The average Bonchev–Trinajstić information content (AvgIpc) is 2.38. The highest BCUT2D eigenvalue weighted by molar-refractivity contribution is 6.04. The molecule has 8 heteroatoms. The lowest BCUT2D eigenvalue weighted by Crippen LogP contribution is -2.51. The second-order valence-electron chi connectivity index (χ2n) is 4.39. The van der Waals surface area contributed by atoms with Crippen molar-refractivity contribution in [1.29, 1.82) is 0 Å². The zero-order valence-electron chi connectivity index (χ0n) is 10.8. The van der Waals surface area contributed by atoms with E-state index in [0.29, 0.717) is 0 Å². The number of fused-ring (bicyclic) bond motifs is 1. The lowest BCUT2D eigenvalue weighted by molar-refractivity contribution is -0.384. The number of benzene rings is 1. The number of nitro benzene ring substituents is 1. The summed E-state index contributed by atoms with van der Waals surface area (Å²) in [6.07, 6.45) is -0.842. The molecule has 1 aromatic rings. The van der Waals surface area contributed by atoms with E-state index in [4.69, 9.17) is 9.84 Å². The maximum absolute atomic E-state index is 12.1. The van der Waals surface area contributed by atoms with Gasteiger partial charge in [-0.05, 0) is 19.9 Å². The van der Waals surface area contributed by atoms with Gasteiger partial charge in [0, 0.05) is 12.1 Å². The van der Waals surface area contributed by atoms with Crippen molar-refractivity contribution < 1.29 is 24.4 Å². The first-order chi connectivity index (χ1) is 9.32. The number of carboxylic acid groups (broad SMARTS) is 1. The molecule has 2 atom stereocenters. The lowest BCUT2D eigenvalue weighted by Gasteiger charge is -2.34. The van der Waals surface area contributed by atoms with E-state index < -0.39 is 28.9 Å². The number of carbonyl (C=O) groups excluding carboxylic acids is 1. The topological polar surface area (TPSA) is 110 Å². The summed E-state index contributed by atoms with van der Waals surface area (Å²) in [6.45, 7) is 2.83. The minimum Gasteiger partial charge on any atom is -0.480 e. The molecule has 1 heterocycles. The fraction of sp³-hybridized carbons (Fsp3) is 0.333. The highest BCUT2D eigenvalue weighted by Gasteiger charge is 2.38. The molecule has 0 fully saturated rings. The largest absolute Gasteiger partial charge is 0.480 e. The van der Waals surface area contributed by atoms with E-state index in [1.165, 1.54) is 26.0 Å². The molecule has 2 rings (SSSR count). The maximum Gasteiger partial charge on any atom is 0.326 e. The molecule has 0 radical (unpaired) electrons. The van der Waals surface area contributed by atoms with Crippen LogP contribution in [-0.4, -0.2) is 34.1 Å². The number of hydrogen-bond donors (Lipinski definition) is 1. The minimum absolute atomic E-state index is 0.0946. The summed E-state index contributed by atoms with van der Waals surface area (Å²) in [5.41, 5.74) is -0.144. The molecule has 1 aliphatic heterocycles. The smallest absolute Gasteiger partial charge is 0.326 e. The van der Waals surface area contributed by atoms with Gasteiger partial charge in [0.05, 0.1) is 10.6 Å². The number of carbonyl (C=O) groups is 2. The summed E-state index contributed by atoms with van der Waals surface area (Å²) in [7, 11) is 0. The van der Waals surface area contributed by atoms with Crippen molar-refractivity contribution in [3.05, 3.63) is 28.3 Å². The molecule has 0 aromatic heterocycles. The fourth-order valence-electron chi connectivity index (χ4n) is 1.97. The Morgan fingerprint density at radius 1 is 1.55 bits per heavy atom. The van der Waals surface area contributed by atoms with Crippen LogP contribution >= 0.6 is 0 Å². The van der Waals surface area contributed by atoms with Crippen molar-refractivity contribution in [3.8, 4) is 5.75 Å². The van der Waals surface area contributed by atoms with Gasteiger partial charge in [-0.25, -0.2) is 4.79 Å². The van der Waals surface area contributed by atoms with Gasteiger partial charge < -0.3 is 9.84 Å². The van der Waals surface area contributed by atoms with Gasteiger partial charge in [0.1, 0.15) is 11.8 Å². The predicted molar refractivity (Wildman–Crippen MR) is 67.8 cm³/mol. The summed E-state index contributed by atoms with van der Waals surface area (Å²) in [4.78, 5) is 34.4. The van der Waals surface area contributed by atoms with E-state index in [1.54, 1.807) is 0 Å². The SMILES string of the molecule is CC1Oc2ccc([N+](=O)[O-])cc2N(C(C)C(=O)O)C1=O. The van der Waals surface area contributed by atoms with E-state index in [9.17, 15) is 19.7 Å². The Morgan fingerprint density at radius 3 is 2.75 bits per heavy atom. The van der Waals surface area contributed by atoms with Crippen LogP contribution in [0.4, 0.5) is 11.4 Å². The first-order valence-electron chi connectivity index (χ1n) is 5.84. The zero-order chi connectivity index (χ0) is 15.0. The summed E-state index contributed by atoms with van der Waals surface area (Å²) in [6, 6.07) is 2.59. The Morgan fingerprint density at radius 2 is 2.20 bits per heavy atom. The standard InChI is InChI=1S/C12H12N2O6/c1-6(12(16)17)13-9-5-8(14(18)19)3-4-10(9)20-7(2)11(13)15/h3-7H,1-2H3,(H,16,17). The molecule has 106 valence electrons. The predicted octanol–water partition coefficient (Wildman–Crippen LogP) is 1.18. The molecule has 0 saturated heterocycles. The quantitative estimate of drug-likeness (QED) is 0.657. The summed E-state index contributed by atoms with van der Waals surface area (Å²) >= 11 is 0. The molecule has 1 amide bonds. The van der Waals surface area contributed by atoms with Crippen LogP contribution in [0.5, 0.6) is 5.75 Å². The first-order valence-corrected chi connectivity index (χ1v) is 5.84. The summed E-state index contributed by atoms with van der Waals surface area (Å²) in [5, 5.41) is 19.9. The fourth-order valence-corrected chi connectivity index (χ4v) is 1.97. The number of rotatable bonds is 3. The number of hydrogen-bond acceptors (Lipinski definition) is 5. The number of anilines is 1. The maximum atomic E-state index is 12.1. The van der Waals surface area contributed by atoms with Crippen molar-refractivity contribution in [3.63, 3.8) is 0 Å². The Balaban J connectivity index is 2.57. The molecule has 2 unspecified atom stereocenters. The number of nitrogens with zero attached hydrogens (tertiary/aromatic N) is 2. The summed E-state index contributed by atoms with van der Waals surface area (Å²) in [5.74, 6) is -1.51. The Labute approximate surface area is 113 Å². The van der Waals surface area contributed by atoms with E-state index in [0.717, 1.165) is 11.0 Å². The Bertz CT molecular complexity index is 600. The van der Waals surface area contributed by atoms with Gasteiger partial charge in [-0.1, -0.05) is 0 Å². The van der Waals surface area contributed by atoms with Crippen LogP contribution in [0.15, 0.2) is 18.2 Å². The minimum atomic E-state index is -1.20. The van der Waals surface area contributed by atoms with Gasteiger partial charge in [-0.3, -0.25) is 19.8 Å². The van der Waals surface area contributed by atoms with E-state index in [1.807, 2.05) is 0 Å². The van der Waals surface area contributed by atoms with Crippen LogP contribution < -0.4 is 9.64 Å². The molecule has 0 saturated carbocycles. The van der Waals surface area contributed by atoms with Crippen LogP contribution in [0.25, 0.3) is 0 Å². The zero-order valence-corrected chi connectivity index (χ0v) is 10.8. The second-order valence-corrected chi connectivity index (χ2v) is 4.39. The Kier molecular flexibility index (Phi) is 3.31. The number of ether oxygens (including phenoxy) is 1. The molecule has 8 nitrogen and oxygen atoms in total. The molecule has 20 heavy (non-hydrogen) atoms. The lowest BCUT2D eigenvalue weighted by atomic mass is 10.1. The van der Waals surface area contributed by atoms with Gasteiger partial charge in [-0.2, -0.15) is 0 Å². The van der Waals surface area contributed by atoms with Gasteiger partial charge in [0.25, 0.3) is 11.6 Å². The molecule has 1 aliphatic rings. The highest BCUT2D eigenvalue weighted by atomic mass is 16.6. The first kappa shape index (κ1) is 13.8. The third-order valence-corrected chi connectivity index (χ3v) is 3.05. The van der Waals surface area contributed by atoms with Gasteiger partial charge in [0.15, 0.2) is 6.10 Å². The average molecular weight is 280 g/mol. The van der Waals surface area contributed by atoms with Crippen molar-refractivity contribution in [2.75, 3.05) is 4.90 Å². The van der Waals surface area contributed by atoms with Crippen molar-refractivity contribution in [1.82, 2.24) is 0 Å². The number of amides is 1. The number of carboxylic acids is 1. The van der Waals surface area contributed by atoms with Crippen LogP contribution in [0.3, 0.4) is 0 Å². The van der Waals surface area contributed by atoms with E-state index >= 15 is 0 Å². The van der Waals surface area contributed by atoms with E-state index in [-0.39, 0.29) is 17.1 Å². The van der Waals surface area contributed by atoms with Crippen LogP contribution in [0.1, 0.15) is 13.8 Å². The van der Waals surface area contributed by atoms with Gasteiger partial charge in [0.2, 0.25) is 0 Å². The number of non-ortho nitro benzene ring substituents is 1. The monoisotopic (exact) mass is 280 g/mol. The normalized spacial score (nSPS) is 19.0. The molecule has 0 aliphatic carbocycles. The van der Waals surface area contributed by atoms with E-state index in [2.05, 4.69) is 0 Å². The van der Waals surface area contributed by atoms with Crippen molar-refractivity contribution >= 4 is 23.3 Å².